The summed E-state index contributed by atoms with van der Waals surface area (Å²) >= 11 is 1.47. The molecule has 0 saturated carbocycles. The van der Waals surface area contributed by atoms with Crippen LogP contribution >= 0.6 is 11.3 Å². The van der Waals surface area contributed by atoms with E-state index in [1.54, 1.807) is 0 Å². The average Bonchev–Trinajstić information content (AvgIpc) is 3.19. The fraction of sp³-hybridized carbons (Fsp3) is 0.261. The van der Waals surface area contributed by atoms with Crippen LogP contribution in [0.3, 0.4) is 0 Å². The molecule has 0 aliphatic heterocycles. The van der Waals surface area contributed by atoms with E-state index in [4.69, 9.17) is 9.47 Å². The number of para-hydroxylation sites is 1. The molecular weight excluding hydrogens is 372 g/mol. The van der Waals surface area contributed by atoms with Crippen molar-refractivity contribution in [1.82, 2.24) is 0 Å². The van der Waals surface area contributed by atoms with Crippen LogP contribution in [0.25, 0.3) is 0 Å². The summed E-state index contributed by atoms with van der Waals surface area (Å²) in [7, 11) is 0. The second-order valence-corrected chi connectivity index (χ2v) is 7.65. The predicted molar refractivity (Wildman–Crippen MR) is 112 cm³/mol. The van der Waals surface area contributed by atoms with E-state index in [0.717, 1.165) is 33.1 Å². The van der Waals surface area contributed by atoms with E-state index in [1.807, 2.05) is 73.8 Å². The lowest BCUT2D eigenvalue weighted by molar-refractivity contribution is -0.138. The normalized spacial score (nSPS) is 11.8. The Morgan fingerprint density at radius 3 is 2.39 bits per heavy atom. The molecule has 0 aliphatic carbocycles. The molecule has 3 rings (SSSR count). The number of aliphatic carboxylic acids is 1. The monoisotopic (exact) mass is 396 g/mol. The van der Waals surface area contributed by atoms with Crippen molar-refractivity contribution >= 4 is 17.3 Å². The van der Waals surface area contributed by atoms with Crippen LogP contribution in [0, 0.1) is 13.8 Å². The number of carbonyl (C=O) groups is 1. The summed E-state index contributed by atoms with van der Waals surface area (Å²) in [6.07, 6.45) is 0.436. The second-order valence-electron chi connectivity index (χ2n) is 6.68. The van der Waals surface area contributed by atoms with E-state index in [1.165, 1.54) is 11.3 Å². The van der Waals surface area contributed by atoms with Gasteiger partial charge in [-0.2, -0.15) is 0 Å². The number of hydrogen-bond acceptors (Lipinski definition) is 4. The number of benzene rings is 2. The summed E-state index contributed by atoms with van der Waals surface area (Å²) in [5.41, 5.74) is 3.15. The molecule has 1 N–H and O–H groups in total. The van der Waals surface area contributed by atoms with Gasteiger partial charge in [0.05, 0.1) is 5.92 Å². The zero-order valence-corrected chi connectivity index (χ0v) is 16.9. The summed E-state index contributed by atoms with van der Waals surface area (Å²) in [5, 5.41) is 11.5. The van der Waals surface area contributed by atoms with Gasteiger partial charge in [0.15, 0.2) is 0 Å². The molecule has 0 amide bonds. The van der Waals surface area contributed by atoms with Gasteiger partial charge in [0.2, 0.25) is 0 Å². The molecule has 0 saturated heterocycles. The van der Waals surface area contributed by atoms with E-state index >= 15 is 0 Å². The van der Waals surface area contributed by atoms with Crippen LogP contribution in [0.2, 0.25) is 0 Å². The molecule has 28 heavy (non-hydrogen) atoms. The number of thiophene rings is 1. The van der Waals surface area contributed by atoms with Crippen LogP contribution in [0.5, 0.6) is 11.5 Å². The van der Waals surface area contributed by atoms with Crippen LogP contribution in [0.4, 0.5) is 0 Å². The Labute approximate surface area is 169 Å². The Hall–Kier alpha value is -2.79. The summed E-state index contributed by atoms with van der Waals surface area (Å²) in [4.78, 5) is 12.5. The summed E-state index contributed by atoms with van der Waals surface area (Å²) in [5.74, 6) is 0.274. The number of carboxylic acid groups (broad SMARTS) is 1. The van der Waals surface area contributed by atoms with Crippen molar-refractivity contribution in [2.45, 2.75) is 26.2 Å². The molecule has 0 radical (unpaired) electrons. The van der Waals surface area contributed by atoms with Gasteiger partial charge in [-0.3, -0.25) is 4.79 Å². The Kier molecular flexibility index (Phi) is 6.71. The number of carboxylic acids is 1. The fourth-order valence-corrected chi connectivity index (χ4v) is 3.95. The quantitative estimate of drug-likeness (QED) is 0.503. The maximum atomic E-state index is 11.6. The summed E-state index contributed by atoms with van der Waals surface area (Å²) in [6, 6.07) is 17.4. The van der Waals surface area contributed by atoms with Gasteiger partial charge in [0, 0.05) is 4.88 Å². The van der Waals surface area contributed by atoms with Crippen molar-refractivity contribution < 1.29 is 19.4 Å². The van der Waals surface area contributed by atoms with Crippen molar-refractivity contribution in [3.8, 4) is 11.5 Å². The third kappa shape index (κ3) is 5.14. The highest BCUT2D eigenvalue weighted by atomic mass is 32.1. The molecule has 4 nitrogen and oxygen atoms in total. The van der Waals surface area contributed by atoms with Crippen LogP contribution < -0.4 is 9.47 Å². The van der Waals surface area contributed by atoms with E-state index in [0.29, 0.717) is 19.6 Å². The summed E-state index contributed by atoms with van der Waals surface area (Å²) < 4.78 is 11.7. The third-order valence-corrected chi connectivity index (χ3v) is 5.52. The second kappa shape index (κ2) is 9.42. The lowest BCUT2D eigenvalue weighted by Gasteiger charge is -2.14. The Morgan fingerprint density at radius 2 is 1.71 bits per heavy atom. The highest BCUT2D eigenvalue weighted by Crippen LogP contribution is 2.27. The van der Waals surface area contributed by atoms with Gasteiger partial charge in [0.25, 0.3) is 0 Å². The van der Waals surface area contributed by atoms with Gasteiger partial charge in [-0.05, 0) is 60.5 Å². The Balaban J connectivity index is 1.57. The molecule has 0 bridgehead atoms. The lowest BCUT2D eigenvalue weighted by Crippen LogP contribution is -2.13. The molecule has 0 fully saturated rings. The maximum absolute atomic E-state index is 11.6. The lowest BCUT2D eigenvalue weighted by atomic mass is 9.98. The first-order chi connectivity index (χ1) is 13.5. The Morgan fingerprint density at radius 1 is 1.00 bits per heavy atom. The molecule has 146 valence electrons. The van der Waals surface area contributed by atoms with Crippen molar-refractivity contribution in [3.05, 3.63) is 81.5 Å². The van der Waals surface area contributed by atoms with E-state index < -0.39 is 11.9 Å². The molecule has 2 aromatic carbocycles. The van der Waals surface area contributed by atoms with Crippen LogP contribution in [-0.2, 0) is 11.2 Å². The molecule has 1 unspecified atom stereocenters. The Bertz CT molecular complexity index is 898. The molecule has 3 aromatic rings. The standard InChI is InChI=1S/C23H24O4S/c1-16-6-3-7-17(2)22(16)27-12-11-26-19-9-4-8-18(14-19)15-20(23(24)25)21-10-5-13-28-21/h3-10,13-14,20H,11-12,15H2,1-2H3,(H,24,25). The molecule has 0 aliphatic rings. The first-order valence-electron chi connectivity index (χ1n) is 9.21. The highest BCUT2D eigenvalue weighted by molar-refractivity contribution is 7.10. The van der Waals surface area contributed by atoms with Gasteiger partial charge in [-0.25, -0.2) is 0 Å². The van der Waals surface area contributed by atoms with Gasteiger partial charge < -0.3 is 14.6 Å². The minimum atomic E-state index is -0.809. The van der Waals surface area contributed by atoms with E-state index in [2.05, 4.69) is 0 Å². The van der Waals surface area contributed by atoms with Crippen molar-refractivity contribution in [2.24, 2.45) is 0 Å². The van der Waals surface area contributed by atoms with Crippen molar-refractivity contribution in [3.63, 3.8) is 0 Å². The first kappa shape index (κ1) is 20.0. The van der Waals surface area contributed by atoms with Gasteiger partial charge in [-0.1, -0.05) is 36.4 Å². The van der Waals surface area contributed by atoms with Crippen LogP contribution in [0.15, 0.2) is 60.0 Å². The van der Waals surface area contributed by atoms with E-state index in [-0.39, 0.29) is 0 Å². The largest absolute Gasteiger partial charge is 0.490 e. The fourth-order valence-electron chi connectivity index (χ4n) is 3.13. The van der Waals surface area contributed by atoms with Gasteiger partial charge >= 0.3 is 5.97 Å². The van der Waals surface area contributed by atoms with Gasteiger partial charge in [-0.15, -0.1) is 11.3 Å². The molecule has 5 heteroatoms. The number of ether oxygens (including phenoxy) is 2. The highest BCUT2D eigenvalue weighted by Gasteiger charge is 2.21. The minimum Gasteiger partial charge on any atom is -0.490 e. The van der Waals surface area contributed by atoms with Crippen molar-refractivity contribution in [1.29, 1.82) is 0 Å². The zero-order chi connectivity index (χ0) is 19.9. The molecule has 0 spiro atoms. The SMILES string of the molecule is Cc1cccc(C)c1OCCOc1cccc(CC(C(=O)O)c2cccs2)c1. The number of hydrogen-bond donors (Lipinski definition) is 1. The smallest absolute Gasteiger partial charge is 0.312 e. The predicted octanol–water partition coefficient (Wildman–Crippen LogP) is 5.23. The average molecular weight is 397 g/mol. The molecular formula is C23H24O4S. The first-order valence-corrected chi connectivity index (χ1v) is 10.1. The third-order valence-electron chi connectivity index (χ3n) is 4.53. The number of rotatable bonds is 9. The van der Waals surface area contributed by atoms with Gasteiger partial charge in [0.1, 0.15) is 24.7 Å². The van der Waals surface area contributed by atoms with Crippen molar-refractivity contribution in [2.75, 3.05) is 13.2 Å². The summed E-state index contributed by atoms with van der Waals surface area (Å²) in [6.45, 7) is 4.92. The van der Waals surface area contributed by atoms with Crippen LogP contribution in [-0.4, -0.2) is 24.3 Å². The molecule has 1 heterocycles. The molecule has 1 atom stereocenters. The molecule has 1 aromatic heterocycles. The van der Waals surface area contributed by atoms with E-state index in [9.17, 15) is 9.90 Å². The van der Waals surface area contributed by atoms with Crippen LogP contribution in [0.1, 0.15) is 27.5 Å². The topological polar surface area (TPSA) is 55.8 Å². The number of aryl methyl sites for hydroxylation is 2. The zero-order valence-electron chi connectivity index (χ0n) is 16.1. The minimum absolute atomic E-state index is 0.421. The maximum Gasteiger partial charge on any atom is 0.312 e.